The lowest BCUT2D eigenvalue weighted by Crippen LogP contribution is -2.23. The van der Waals surface area contributed by atoms with E-state index in [0.29, 0.717) is 12.3 Å². The van der Waals surface area contributed by atoms with Gasteiger partial charge in [0.1, 0.15) is 0 Å². The highest BCUT2D eigenvalue weighted by molar-refractivity contribution is 4.84. The first-order valence-electron chi connectivity index (χ1n) is 7.77. The van der Waals surface area contributed by atoms with Crippen molar-refractivity contribution in [3.63, 3.8) is 0 Å². The van der Waals surface area contributed by atoms with Crippen molar-refractivity contribution in [1.82, 2.24) is 0 Å². The number of rotatable bonds is 4. The monoisotopic (exact) mass is 256 g/mol. The molecule has 2 fully saturated rings. The average molecular weight is 256 g/mol. The Morgan fingerprint density at radius 1 is 0.833 bits per heavy atom. The SMILES string of the molecule is FC(F)=CCCC1CCC(C2CCCCC2)CC1. The van der Waals surface area contributed by atoms with E-state index in [-0.39, 0.29) is 0 Å². The molecule has 0 nitrogen and oxygen atoms in total. The molecule has 2 aliphatic rings. The van der Waals surface area contributed by atoms with Crippen molar-refractivity contribution in [2.45, 2.75) is 70.6 Å². The van der Waals surface area contributed by atoms with Gasteiger partial charge in [-0.15, -0.1) is 0 Å². The first-order chi connectivity index (χ1) is 8.75. The van der Waals surface area contributed by atoms with Gasteiger partial charge in [-0.05, 0) is 49.5 Å². The van der Waals surface area contributed by atoms with Crippen LogP contribution < -0.4 is 0 Å². The minimum absolute atomic E-state index is 0.571. The van der Waals surface area contributed by atoms with Gasteiger partial charge in [-0.2, -0.15) is 8.78 Å². The maximum atomic E-state index is 12.0. The lowest BCUT2D eigenvalue weighted by Gasteiger charge is -2.35. The molecule has 2 saturated carbocycles. The van der Waals surface area contributed by atoms with Crippen molar-refractivity contribution in [1.29, 1.82) is 0 Å². The first-order valence-corrected chi connectivity index (χ1v) is 7.77. The molecule has 0 aromatic carbocycles. The lowest BCUT2D eigenvalue weighted by atomic mass is 9.70. The van der Waals surface area contributed by atoms with Crippen LogP contribution in [0.2, 0.25) is 0 Å². The van der Waals surface area contributed by atoms with Gasteiger partial charge in [-0.25, -0.2) is 0 Å². The van der Waals surface area contributed by atoms with Gasteiger partial charge in [0.25, 0.3) is 6.08 Å². The Labute approximate surface area is 110 Å². The Kier molecular flexibility index (Phi) is 5.65. The van der Waals surface area contributed by atoms with Crippen LogP contribution in [0, 0.1) is 17.8 Å². The number of allylic oxidation sites excluding steroid dienone is 1. The molecule has 0 saturated heterocycles. The van der Waals surface area contributed by atoms with E-state index < -0.39 is 6.08 Å². The van der Waals surface area contributed by atoms with Crippen LogP contribution in [-0.2, 0) is 0 Å². The highest BCUT2D eigenvalue weighted by Gasteiger charge is 2.28. The van der Waals surface area contributed by atoms with Gasteiger partial charge in [-0.1, -0.05) is 44.9 Å². The summed E-state index contributed by atoms with van der Waals surface area (Å²) in [5.41, 5.74) is 0. The van der Waals surface area contributed by atoms with E-state index in [0.717, 1.165) is 24.3 Å². The summed E-state index contributed by atoms with van der Waals surface area (Å²) in [6.45, 7) is 0. The Balaban J connectivity index is 1.66. The van der Waals surface area contributed by atoms with E-state index in [4.69, 9.17) is 0 Å². The molecule has 2 rings (SSSR count). The summed E-state index contributed by atoms with van der Waals surface area (Å²) < 4.78 is 23.9. The van der Waals surface area contributed by atoms with Crippen molar-refractivity contribution >= 4 is 0 Å². The van der Waals surface area contributed by atoms with Crippen molar-refractivity contribution < 1.29 is 8.78 Å². The Morgan fingerprint density at radius 2 is 1.44 bits per heavy atom. The summed E-state index contributed by atoms with van der Waals surface area (Å²) in [4.78, 5) is 0. The van der Waals surface area contributed by atoms with Crippen LogP contribution in [0.1, 0.15) is 70.6 Å². The fraction of sp³-hybridized carbons (Fsp3) is 0.875. The van der Waals surface area contributed by atoms with Gasteiger partial charge in [0.2, 0.25) is 0 Å². The van der Waals surface area contributed by atoms with E-state index in [1.54, 1.807) is 0 Å². The van der Waals surface area contributed by atoms with Gasteiger partial charge >= 0.3 is 0 Å². The Bertz CT molecular complexity index is 254. The van der Waals surface area contributed by atoms with E-state index in [2.05, 4.69) is 0 Å². The number of halogens is 2. The number of hydrogen-bond acceptors (Lipinski definition) is 0. The standard InChI is InChI=1S/C16H26F2/c17-16(18)8-4-5-13-9-11-15(12-10-13)14-6-2-1-3-7-14/h8,13-15H,1-7,9-12H2. The van der Waals surface area contributed by atoms with Crippen LogP contribution in [0.3, 0.4) is 0 Å². The molecule has 18 heavy (non-hydrogen) atoms. The third kappa shape index (κ3) is 4.37. The molecular weight excluding hydrogens is 230 g/mol. The van der Waals surface area contributed by atoms with Crippen molar-refractivity contribution in [2.24, 2.45) is 17.8 Å². The maximum Gasteiger partial charge on any atom is 0.266 e. The molecule has 0 aliphatic heterocycles. The molecule has 0 bridgehead atoms. The van der Waals surface area contributed by atoms with Crippen LogP contribution in [-0.4, -0.2) is 0 Å². The average Bonchev–Trinajstić information content (AvgIpc) is 2.40. The van der Waals surface area contributed by atoms with Crippen molar-refractivity contribution in [3.8, 4) is 0 Å². The van der Waals surface area contributed by atoms with Gasteiger partial charge in [-0.3, -0.25) is 0 Å². The van der Waals surface area contributed by atoms with E-state index >= 15 is 0 Å². The summed E-state index contributed by atoms with van der Waals surface area (Å²) in [7, 11) is 0. The first kappa shape index (κ1) is 14.0. The Morgan fingerprint density at radius 3 is 2.06 bits per heavy atom. The van der Waals surface area contributed by atoms with Crippen LogP contribution >= 0.6 is 0 Å². The second kappa shape index (κ2) is 7.25. The molecule has 104 valence electrons. The molecule has 0 N–H and O–H groups in total. The predicted octanol–water partition coefficient (Wildman–Crippen LogP) is 5.93. The molecule has 0 aromatic heterocycles. The van der Waals surface area contributed by atoms with E-state index in [1.807, 2.05) is 0 Å². The zero-order valence-electron chi connectivity index (χ0n) is 11.3. The fourth-order valence-electron chi connectivity index (χ4n) is 3.98. The van der Waals surface area contributed by atoms with E-state index in [9.17, 15) is 8.78 Å². The fourth-order valence-corrected chi connectivity index (χ4v) is 3.98. The minimum Gasteiger partial charge on any atom is -0.174 e. The van der Waals surface area contributed by atoms with Gasteiger partial charge in [0.15, 0.2) is 0 Å². The van der Waals surface area contributed by atoms with Crippen molar-refractivity contribution in [2.75, 3.05) is 0 Å². The van der Waals surface area contributed by atoms with E-state index in [1.165, 1.54) is 57.8 Å². The number of hydrogen-bond donors (Lipinski definition) is 0. The van der Waals surface area contributed by atoms with Gasteiger partial charge in [0.05, 0.1) is 0 Å². The minimum atomic E-state index is -1.51. The summed E-state index contributed by atoms with van der Waals surface area (Å²) >= 11 is 0. The topological polar surface area (TPSA) is 0 Å². The summed E-state index contributed by atoms with van der Waals surface area (Å²) in [5, 5.41) is 0. The highest BCUT2D eigenvalue weighted by Crippen LogP contribution is 2.40. The second-order valence-electron chi connectivity index (χ2n) is 6.25. The maximum absolute atomic E-state index is 12.0. The largest absolute Gasteiger partial charge is 0.266 e. The summed E-state index contributed by atoms with van der Waals surface area (Å²) in [5.74, 6) is 2.65. The molecule has 0 radical (unpaired) electrons. The molecule has 2 heteroatoms. The smallest absolute Gasteiger partial charge is 0.174 e. The molecule has 2 aliphatic carbocycles. The van der Waals surface area contributed by atoms with Crippen LogP contribution in [0.4, 0.5) is 8.78 Å². The van der Waals surface area contributed by atoms with Crippen LogP contribution in [0.15, 0.2) is 12.2 Å². The highest BCUT2D eigenvalue weighted by atomic mass is 19.3. The third-order valence-corrected chi connectivity index (χ3v) is 5.08. The molecule has 0 atom stereocenters. The van der Waals surface area contributed by atoms with Gasteiger partial charge in [0, 0.05) is 0 Å². The molecular formula is C16H26F2. The summed E-state index contributed by atoms with van der Waals surface area (Å²) in [6.07, 6.45) is 13.6. The zero-order chi connectivity index (χ0) is 12.8. The second-order valence-corrected chi connectivity index (χ2v) is 6.25. The van der Waals surface area contributed by atoms with Crippen LogP contribution in [0.5, 0.6) is 0 Å². The molecule has 0 amide bonds. The summed E-state index contributed by atoms with van der Waals surface area (Å²) in [6, 6.07) is 0. The zero-order valence-corrected chi connectivity index (χ0v) is 11.3. The predicted molar refractivity (Wildman–Crippen MR) is 71.6 cm³/mol. The molecule has 0 spiro atoms. The van der Waals surface area contributed by atoms with Gasteiger partial charge < -0.3 is 0 Å². The molecule has 0 aromatic rings. The van der Waals surface area contributed by atoms with Crippen LogP contribution in [0.25, 0.3) is 0 Å². The normalized spacial score (nSPS) is 30.1. The Hall–Kier alpha value is -0.400. The molecule has 0 unspecified atom stereocenters. The van der Waals surface area contributed by atoms with Crippen molar-refractivity contribution in [3.05, 3.63) is 12.2 Å². The quantitative estimate of drug-likeness (QED) is 0.584. The molecule has 0 heterocycles. The lowest BCUT2D eigenvalue weighted by molar-refractivity contribution is 0.164. The third-order valence-electron chi connectivity index (χ3n) is 5.08.